The number of aliphatic hydroxyl groups excluding tert-OH is 1. The maximum Gasteiger partial charge on any atom is 0.319 e. The summed E-state index contributed by atoms with van der Waals surface area (Å²) in [4.78, 5) is 11.8. The lowest BCUT2D eigenvalue weighted by Crippen LogP contribution is -2.38. The van der Waals surface area contributed by atoms with Crippen LogP contribution in [0.15, 0.2) is 18.2 Å². The summed E-state index contributed by atoms with van der Waals surface area (Å²) < 4.78 is 18.4. The fourth-order valence-corrected chi connectivity index (χ4v) is 1.75. The van der Waals surface area contributed by atoms with Crippen LogP contribution in [0, 0.1) is 5.82 Å². The summed E-state index contributed by atoms with van der Waals surface area (Å²) in [5, 5.41) is 14.2. The number of aliphatic hydroxyl groups is 1. The van der Waals surface area contributed by atoms with Crippen molar-refractivity contribution < 1.29 is 19.0 Å². The Balaban J connectivity index is 2.69. The largest absolute Gasteiger partial charge is 0.492 e. The number of anilines is 1. The minimum Gasteiger partial charge on any atom is -0.492 e. The van der Waals surface area contributed by atoms with Gasteiger partial charge in [-0.1, -0.05) is 6.92 Å². The number of urea groups is 1. The molecule has 1 aromatic rings. The SMILES string of the molecule is CCOc1cc(F)ccc1NC(=O)NC(CC)CCO. The molecule has 3 N–H and O–H groups in total. The van der Waals surface area contributed by atoms with E-state index in [1.807, 2.05) is 6.92 Å². The summed E-state index contributed by atoms with van der Waals surface area (Å²) in [6.07, 6.45) is 1.21. The zero-order valence-corrected chi connectivity index (χ0v) is 11.8. The minimum atomic E-state index is -0.425. The number of carbonyl (C=O) groups excluding carboxylic acids is 1. The number of halogens is 1. The fraction of sp³-hybridized carbons (Fsp3) is 0.500. The summed E-state index contributed by atoms with van der Waals surface area (Å²) in [6, 6.07) is 3.43. The molecule has 5 nitrogen and oxygen atoms in total. The number of benzene rings is 1. The van der Waals surface area contributed by atoms with E-state index in [2.05, 4.69) is 10.6 Å². The van der Waals surface area contributed by atoms with E-state index in [0.29, 0.717) is 18.7 Å². The van der Waals surface area contributed by atoms with E-state index >= 15 is 0 Å². The van der Waals surface area contributed by atoms with Gasteiger partial charge in [0.2, 0.25) is 0 Å². The molecule has 0 aliphatic carbocycles. The van der Waals surface area contributed by atoms with E-state index in [4.69, 9.17) is 9.84 Å². The van der Waals surface area contributed by atoms with Crippen molar-refractivity contribution in [3.8, 4) is 5.75 Å². The van der Waals surface area contributed by atoms with Crippen LogP contribution in [-0.2, 0) is 0 Å². The van der Waals surface area contributed by atoms with Gasteiger partial charge >= 0.3 is 6.03 Å². The second kappa shape index (κ2) is 8.37. The van der Waals surface area contributed by atoms with Gasteiger partial charge in [0.05, 0.1) is 12.3 Å². The summed E-state index contributed by atoms with van der Waals surface area (Å²) in [5.41, 5.74) is 0.407. The number of nitrogens with one attached hydrogen (secondary N) is 2. The van der Waals surface area contributed by atoms with Crippen molar-refractivity contribution in [3.63, 3.8) is 0 Å². The van der Waals surface area contributed by atoms with Gasteiger partial charge in [0.15, 0.2) is 0 Å². The molecule has 1 aromatic carbocycles. The number of ether oxygens (including phenoxy) is 1. The van der Waals surface area contributed by atoms with E-state index in [1.165, 1.54) is 18.2 Å². The standard InChI is InChI=1S/C14H21FN2O3/c1-3-11(7-8-18)16-14(19)17-12-6-5-10(15)9-13(12)20-4-2/h5-6,9,11,18H,3-4,7-8H2,1-2H3,(H2,16,17,19). The zero-order valence-electron chi connectivity index (χ0n) is 11.8. The maximum absolute atomic E-state index is 13.1. The van der Waals surface area contributed by atoms with Crippen LogP contribution in [0.5, 0.6) is 5.75 Å². The molecule has 0 aliphatic rings. The molecule has 6 heteroatoms. The highest BCUT2D eigenvalue weighted by atomic mass is 19.1. The molecular weight excluding hydrogens is 263 g/mol. The number of carbonyl (C=O) groups is 1. The highest BCUT2D eigenvalue weighted by molar-refractivity contribution is 5.91. The first-order valence-corrected chi connectivity index (χ1v) is 6.71. The van der Waals surface area contributed by atoms with Gasteiger partial charge in [0.1, 0.15) is 11.6 Å². The minimum absolute atomic E-state index is 0.0134. The van der Waals surface area contributed by atoms with Crippen molar-refractivity contribution in [2.75, 3.05) is 18.5 Å². The predicted octanol–water partition coefficient (Wildman–Crippen LogP) is 2.51. The third kappa shape index (κ3) is 5.05. The molecule has 0 radical (unpaired) electrons. The quantitative estimate of drug-likeness (QED) is 0.720. The molecule has 0 saturated heterocycles. The van der Waals surface area contributed by atoms with Crippen LogP contribution >= 0.6 is 0 Å². The van der Waals surface area contributed by atoms with Crippen molar-refractivity contribution in [2.45, 2.75) is 32.7 Å². The van der Waals surface area contributed by atoms with Crippen LogP contribution in [0.2, 0.25) is 0 Å². The summed E-state index contributed by atoms with van der Waals surface area (Å²) in [7, 11) is 0. The zero-order chi connectivity index (χ0) is 15.0. The Labute approximate surface area is 118 Å². The van der Waals surface area contributed by atoms with Crippen LogP contribution in [0.4, 0.5) is 14.9 Å². The van der Waals surface area contributed by atoms with Gasteiger partial charge in [-0.2, -0.15) is 0 Å². The van der Waals surface area contributed by atoms with Crippen molar-refractivity contribution in [3.05, 3.63) is 24.0 Å². The monoisotopic (exact) mass is 284 g/mol. The van der Waals surface area contributed by atoms with Gasteiger partial charge in [0.25, 0.3) is 0 Å². The number of hydrogen-bond acceptors (Lipinski definition) is 3. The van der Waals surface area contributed by atoms with Gasteiger partial charge in [-0.05, 0) is 31.9 Å². The molecule has 2 amide bonds. The predicted molar refractivity (Wildman–Crippen MR) is 75.5 cm³/mol. The molecule has 1 unspecified atom stereocenters. The molecule has 1 atom stereocenters. The molecule has 0 aliphatic heterocycles. The third-order valence-corrected chi connectivity index (χ3v) is 2.80. The van der Waals surface area contributed by atoms with Gasteiger partial charge in [-0.25, -0.2) is 9.18 Å². The van der Waals surface area contributed by atoms with Crippen LogP contribution in [0.1, 0.15) is 26.7 Å². The van der Waals surface area contributed by atoms with E-state index in [0.717, 1.165) is 6.42 Å². The number of hydrogen-bond donors (Lipinski definition) is 3. The first kappa shape index (κ1) is 16.2. The van der Waals surface area contributed by atoms with Crippen molar-refractivity contribution in [1.82, 2.24) is 5.32 Å². The first-order chi connectivity index (χ1) is 9.60. The normalized spacial score (nSPS) is 11.8. The van der Waals surface area contributed by atoms with Crippen molar-refractivity contribution in [2.24, 2.45) is 0 Å². The van der Waals surface area contributed by atoms with E-state index < -0.39 is 11.8 Å². The molecular formula is C14H21FN2O3. The molecule has 0 aromatic heterocycles. The first-order valence-electron chi connectivity index (χ1n) is 6.71. The third-order valence-electron chi connectivity index (χ3n) is 2.80. The van der Waals surface area contributed by atoms with Crippen LogP contribution in [-0.4, -0.2) is 30.4 Å². The average Bonchev–Trinajstić information content (AvgIpc) is 2.41. The molecule has 0 saturated carbocycles. The van der Waals surface area contributed by atoms with Crippen molar-refractivity contribution in [1.29, 1.82) is 0 Å². The Morgan fingerprint density at radius 2 is 2.20 bits per heavy atom. The lowest BCUT2D eigenvalue weighted by molar-refractivity contribution is 0.237. The molecule has 112 valence electrons. The fourth-order valence-electron chi connectivity index (χ4n) is 1.75. The number of rotatable bonds is 7. The topological polar surface area (TPSA) is 70.6 Å². The molecule has 1 rings (SSSR count). The Bertz CT molecular complexity index is 440. The lowest BCUT2D eigenvalue weighted by atomic mass is 10.2. The Morgan fingerprint density at radius 1 is 1.45 bits per heavy atom. The van der Waals surface area contributed by atoms with Crippen LogP contribution in [0.25, 0.3) is 0 Å². The maximum atomic E-state index is 13.1. The van der Waals surface area contributed by atoms with Crippen LogP contribution in [0.3, 0.4) is 0 Å². The van der Waals surface area contributed by atoms with Gasteiger partial charge < -0.3 is 20.5 Å². The summed E-state index contributed by atoms with van der Waals surface area (Å²) in [5.74, 6) is -0.135. The highest BCUT2D eigenvalue weighted by Gasteiger charge is 2.12. The molecule has 0 bridgehead atoms. The van der Waals surface area contributed by atoms with E-state index in [-0.39, 0.29) is 18.4 Å². The Kier molecular flexibility index (Phi) is 6.79. The van der Waals surface area contributed by atoms with Crippen LogP contribution < -0.4 is 15.4 Å². The summed E-state index contributed by atoms with van der Waals surface area (Å²) in [6.45, 7) is 4.09. The molecule has 0 spiro atoms. The molecule has 0 heterocycles. The molecule has 0 fully saturated rings. The van der Waals surface area contributed by atoms with Crippen molar-refractivity contribution >= 4 is 11.7 Å². The lowest BCUT2D eigenvalue weighted by Gasteiger charge is -2.17. The second-order valence-corrected chi connectivity index (χ2v) is 4.29. The van der Waals surface area contributed by atoms with Gasteiger partial charge in [-0.15, -0.1) is 0 Å². The number of amides is 2. The van der Waals surface area contributed by atoms with E-state index in [1.54, 1.807) is 6.92 Å². The second-order valence-electron chi connectivity index (χ2n) is 4.29. The molecule has 20 heavy (non-hydrogen) atoms. The Hall–Kier alpha value is -1.82. The highest BCUT2D eigenvalue weighted by Crippen LogP contribution is 2.25. The Morgan fingerprint density at radius 3 is 2.80 bits per heavy atom. The average molecular weight is 284 g/mol. The van der Waals surface area contributed by atoms with Gasteiger partial charge in [0, 0.05) is 18.7 Å². The van der Waals surface area contributed by atoms with E-state index in [9.17, 15) is 9.18 Å². The summed E-state index contributed by atoms with van der Waals surface area (Å²) >= 11 is 0. The smallest absolute Gasteiger partial charge is 0.319 e. The van der Waals surface area contributed by atoms with Gasteiger partial charge in [-0.3, -0.25) is 0 Å².